The molecule has 26 heavy (non-hydrogen) atoms. The first kappa shape index (κ1) is 20.7. The molecule has 0 atom stereocenters. The molecule has 2 rings (SSSR count). The summed E-state index contributed by atoms with van der Waals surface area (Å²) in [7, 11) is 0.517. The van der Waals surface area contributed by atoms with Crippen LogP contribution in [0.4, 0.5) is 0 Å². The Labute approximate surface area is 163 Å². The lowest BCUT2D eigenvalue weighted by molar-refractivity contribution is 0.0754. The molecule has 2 aromatic rings. The van der Waals surface area contributed by atoms with E-state index in [2.05, 4.69) is 0 Å². The van der Waals surface area contributed by atoms with Gasteiger partial charge in [-0.3, -0.25) is 4.79 Å². The highest BCUT2D eigenvalue weighted by Gasteiger charge is 2.25. The summed E-state index contributed by atoms with van der Waals surface area (Å²) in [4.78, 5) is 15.4. The molecule has 0 aliphatic rings. The molecule has 1 heterocycles. The number of ether oxygens (including phenoxy) is 1. The number of sulfonamides is 1. The number of carbonyl (C=O) groups is 1. The van der Waals surface area contributed by atoms with Crippen LogP contribution in [0.1, 0.15) is 22.2 Å². The largest absolute Gasteiger partial charge is 0.495 e. The molecule has 0 aliphatic heterocycles. The van der Waals surface area contributed by atoms with E-state index in [0.717, 1.165) is 9.18 Å². The van der Waals surface area contributed by atoms with Crippen LogP contribution < -0.4 is 4.74 Å². The van der Waals surface area contributed by atoms with Gasteiger partial charge in [-0.1, -0.05) is 11.6 Å². The van der Waals surface area contributed by atoms with Gasteiger partial charge >= 0.3 is 0 Å². The van der Waals surface area contributed by atoms with Gasteiger partial charge in [-0.25, -0.2) is 12.7 Å². The van der Waals surface area contributed by atoms with Crippen LogP contribution in [-0.4, -0.2) is 51.3 Å². The zero-order valence-electron chi connectivity index (χ0n) is 15.0. The smallest absolute Gasteiger partial charge is 0.254 e. The van der Waals surface area contributed by atoms with E-state index in [0.29, 0.717) is 17.4 Å². The summed E-state index contributed by atoms with van der Waals surface area (Å²) in [5, 5.41) is 0. The molecule has 1 aromatic heterocycles. The van der Waals surface area contributed by atoms with E-state index < -0.39 is 10.0 Å². The number of rotatable bonds is 7. The van der Waals surface area contributed by atoms with E-state index in [1.54, 1.807) is 17.0 Å². The molecule has 0 spiro atoms. The fraction of sp³-hybridized carbons (Fsp3) is 0.353. The third-order valence-corrected chi connectivity index (χ3v) is 6.87. The Kier molecular flexibility index (Phi) is 6.68. The van der Waals surface area contributed by atoms with Crippen molar-refractivity contribution in [2.45, 2.75) is 18.4 Å². The number of nitrogens with zero attached hydrogens (tertiary/aromatic N) is 2. The molecule has 142 valence electrons. The minimum absolute atomic E-state index is 0.0360. The fourth-order valence-electron chi connectivity index (χ4n) is 2.34. The summed E-state index contributed by atoms with van der Waals surface area (Å²) in [6.07, 6.45) is 0. The topological polar surface area (TPSA) is 66.9 Å². The van der Waals surface area contributed by atoms with Crippen LogP contribution in [0.5, 0.6) is 5.75 Å². The van der Waals surface area contributed by atoms with Gasteiger partial charge in [0.05, 0.1) is 18.0 Å². The van der Waals surface area contributed by atoms with Crippen molar-refractivity contribution in [1.29, 1.82) is 0 Å². The molecule has 9 heteroatoms. The number of benzene rings is 1. The monoisotopic (exact) mass is 416 g/mol. The average molecular weight is 417 g/mol. The fourth-order valence-corrected chi connectivity index (χ4v) is 4.52. The molecule has 0 saturated heterocycles. The second-order valence-corrected chi connectivity index (χ2v) is 9.60. The number of halogens is 1. The highest BCUT2D eigenvalue weighted by atomic mass is 35.5. The lowest BCUT2D eigenvalue weighted by atomic mass is 10.2. The Hall–Kier alpha value is -1.61. The van der Waals surface area contributed by atoms with E-state index in [-0.39, 0.29) is 22.1 Å². The van der Waals surface area contributed by atoms with Crippen molar-refractivity contribution in [3.63, 3.8) is 0 Å². The van der Waals surface area contributed by atoms with Crippen LogP contribution in [0.3, 0.4) is 0 Å². The van der Waals surface area contributed by atoms with Gasteiger partial charge < -0.3 is 9.64 Å². The van der Waals surface area contributed by atoms with Gasteiger partial charge in [-0.2, -0.15) is 0 Å². The van der Waals surface area contributed by atoms with Gasteiger partial charge in [-0.15, -0.1) is 11.3 Å². The van der Waals surface area contributed by atoms with Gasteiger partial charge in [0.1, 0.15) is 10.6 Å². The predicted octanol–water partition coefficient (Wildman–Crippen LogP) is 3.32. The third kappa shape index (κ3) is 4.37. The van der Waals surface area contributed by atoms with Crippen molar-refractivity contribution >= 4 is 38.9 Å². The lowest BCUT2D eigenvalue weighted by Gasteiger charge is -2.21. The predicted molar refractivity (Wildman–Crippen MR) is 104 cm³/mol. The molecule has 1 aromatic carbocycles. The normalized spacial score (nSPS) is 11.6. The number of hydrogen-bond donors (Lipinski definition) is 0. The molecular formula is C17H21ClN2O4S2. The molecule has 0 fully saturated rings. The number of carbonyl (C=O) groups excluding carboxylic acids is 1. The Morgan fingerprint density at radius 3 is 2.42 bits per heavy atom. The Morgan fingerprint density at radius 2 is 1.92 bits per heavy atom. The van der Waals surface area contributed by atoms with Crippen molar-refractivity contribution in [2.75, 3.05) is 27.7 Å². The Balaban J connectivity index is 2.38. The van der Waals surface area contributed by atoms with Crippen LogP contribution in [0.15, 0.2) is 35.2 Å². The first-order chi connectivity index (χ1) is 12.2. The van der Waals surface area contributed by atoms with Crippen LogP contribution in [0.25, 0.3) is 0 Å². The van der Waals surface area contributed by atoms with Crippen molar-refractivity contribution in [3.8, 4) is 5.75 Å². The molecule has 0 bridgehead atoms. The minimum atomic E-state index is -3.74. The first-order valence-corrected chi connectivity index (χ1v) is 10.5. The van der Waals surface area contributed by atoms with Crippen molar-refractivity contribution in [2.24, 2.45) is 0 Å². The third-order valence-electron chi connectivity index (χ3n) is 3.81. The molecule has 0 aliphatic carbocycles. The molecule has 0 unspecified atom stereocenters. The van der Waals surface area contributed by atoms with E-state index in [9.17, 15) is 13.2 Å². The summed E-state index contributed by atoms with van der Waals surface area (Å²) in [5.41, 5.74) is 0.288. The average Bonchev–Trinajstić information content (AvgIpc) is 3.03. The van der Waals surface area contributed by atoms with Crippen molar-refractivity contribution in [3.05, 3.63) is 45.1 Å². The summed E-state index contributed by atoms with van der Waals surface area (Å²) >= 11 is 7.36. The number of amides is 1. The second kappa shape index (κ2) is 8.39. The second-order valence-electron chi connectivity index (χ2n) is 5.68. The Morgan fingerprint density at radius 1 is 1.23 bits per heavy atom. The van der Waals surface area contributed by atoms with Crippen LogP contribution >= 0.6 is 22.9 Å². The summed E-state index contributed by atoms with van der Waals surface area (Å²) in [6.45, 7) is 2.76. The summed E-state index contributed by atoms with van der Waals surface area (Å²) in [5.74, 6) is -0.0572. The van der Waals surface area contributed by atoms with Crippen LogP contribution in [0.2, 0.25) is 4.34 Å². The van der Waals surface area contributed by atoms with Gasteiger partial charge in [0, 0.05) is 31.1 Å². The number of thiophene rings is 1. The highest BCUT2D eigenvalue weighted by molar-refractivity contribution is 7.89. The van der Waals surface area contributed by atoms with Gasteiger partial charge in [0.15, 0.2) is 0 Å². The maximum absolute atomic E-state index is 12.9. The quantitative estimate of drug-likeness (QED) is 0.694. The van der Waals surface area contributed by atoms with E-state index in [1.165, 1.54) is 44.7 Å². The minimum Gasteiger partial charge on any atom is -0.495 e. The molecule has 6 nitrogen and oxygen atoms in total. The molecule has 0 radical (unpaired) electrons. The van der Waals surface area contributed by atoms with E-state index >= 15 is 0 Å². The van der Waals surface area contributed by atoms with Crippen LogP contribution in [0, 0.1) is 0 Å². The van der Waals surface area contributed by atoms with Crippen molar-refractivity contribution < 1.29 is 17.9 Å². The first-order valence-electron chi connectivity index (χ1n) is 7.84. The summed E-state index contributed by atoms with van der Waals surface area (Å²) < 4.78 is 32.0. The maximum Gasteiger partial charge on any atom is 0.254 e. The zero-order valence-corrected chi connectivity index (χ0v) is 17.4. The SMILES string of the molecule is CCN(Cc1ccc(Cl)s1)C(=O)c1ccc(OC)c(S(=O)(=O)N(C)C)c1. The van der Waals surface area contributed by atoms with Crippen molar-refractivity contribution in [1.82, 2.24) is 9.21 Å². The van der Waals surface area contributed by atoms with Gasteiger partial charge in [0.25, 0.3) is 5.91 Å². The maximum atomic E-state index is 12.9. The molecular weight excluding hydrogens is 396 g/mol. The highest BCUT2D eigenvalue weighted by Crippen LogP contribution is 2.28. The van der Waals surface area contributed by atoms with Gasteiger partial charge in [0.2, 0.25) is 10.0 Å². The van der Waals surface area contributed by atoms with E-state index in [4.69, 9.17) is 16.3 Å². The van der Waals surface area contributed by atoms with E-state index in [1.807, 2.05) is 13.0 Å². The number of hydrogen-bond acceptors (Lipinski definition) is 5. The standard InChI is InChI=1S/C17H21ClN2O4S2/c1-5-20(11-13-7-9-16(18)25-13)17(21)12-6-8-14(24-4)15(10-12)26(22,23)19(2)3/h6-10H,5,11H2,1-4H3. The van der Waals surface area contributed by atoms with Gasteiger partial charge in [-0.05, 0) is 37.3 Å². The Bertz CT molecular complexity index is 894. The molecule has 0 N–H and O–H groups in total. The molecule has 0 saturated carbocycles. The van der Waals surface area contributed by atoms with Crippen LogP contribution in [-0.2, 0) is 16.6 Å². The number of methoxy groups -OCH3 is 1. The lowest BCUT2D eigenvalue weighted by Crippen LogP contribution is -2.30. The molecule has 1 amide bonds. The zero-order chi connectivity index (χ0) is 19.5. The summed E-state index contributed by atoms with van der Waals surface area (Å²) in [6, 6.07) is 8.09.